The van der Waals surface area contributed by atoms with Gasteiger partial charge in [0, 0.05) is 18.1 Å². The fraction of sp³-hybridized carbons (Fsp3) is 0.417. The van der Waals surface area contributed by atoms with Crippen molar-refractivity contribution in [3.8, 4) is 0 Å². The summed E-state index contributed by atoms with van der Waals surface area (Å²) in [6.07, 6.45) is 2.04. The molecule has 0 spiro atoms. The van der Waals surface area contributed by atoms with Gasteiger partial charge in [-0.05, 0) is 24.5 Å². The Kier molecular flexibility index (Phi) is 6.62. The minimum atomic E-state index is -0.142. The zero-order chi connectivity index (χ0) is 12.5. The van der Waals surface area contributed by atoms with Crippen LogP contribution in [0.25, 0.3) is 0 Å². The molecule has 1 amide bonds. The van der Waals surface area contributed by atoms with Gasteiger partial charge in [-0.2, -0.15) is 0 Å². The van der Waals surface area contributed by atoms with E-state index in [9.17, 15) is 4.79 Å². The summed E-state index contributed by atoms with van der Waals surface area (Å²) in [6.45, 7) is 1.12. The van der Waals surface area contributed by atoms with Gasteiger partial charge in [-0.3, -0.25) is 10.2 Å². The SMILES string of the molecule is NNC(=O)CCCCOCc1ccccc1Cl. The molecule has 1 aromatic carbocycles. The number of benzene rings is 1. The van der Waals surface area contributed by atoms with E-state index in [4.69, 9.17) is 22.2 Å². The molecule has 0 aliphatic rings. The summed E-state index contributed by atoms with van der Waals surface area (Å²) in [4.78, 5) is 10.8. The van der Waals surface area contributed by atoms with E-state index in [1.165, 1.54) is 0 Å². The van der Waals surface area contributed by atoms with Crippen molar-refractivity contribution < 1.29 is 9.53 Å². The second kappa shape index (κ2) is 8.06. The third-order valence-electron chi connectivity index (χ3n) is 2.32. The van der Waals surface area contributed by atoms with Crippen LogP contribution >= 0.6 is 11.6 Å². The Labute approximate surface area is 106 Å². The first-order chi connectivity index (χ1) is 8.24. The fourth-order valence-corrected chi connectivity index (χ4v) is 1.55. The summed E-state index contributed by atoms with van der Waals surface area (Å²) in [5.74, 6) is 4.82. The molecule has 3 N–H and O–H groups in total. The number of unbranched alkanes of at least 4 members (excludes halogenated alkanes) is 1. The Bertz CT molecular complexity index is 358. The summed E-state index contributed by atoms with van der Waals surface area (Å²) in [7, 11) is 0. The molecule has 0 radical (unpaired) electrons. The van der Waals surface area contributed by atoms with Crippen LogP contribution in [0.15, 0.2) is 24.3 Å². The molecule has 0 saturated carbocycles. The number of nitrogens with two attached hydrogens (primary N) is 1. The number of rotatable bonds is 7. The van der Waals surface area contributed by atoms with Crippen molar-refractivity contribution in [2.24, 2.45) is 5.84 Å². The molecule has 1 rings (SSSR count). The number of carbonyl (C=O) groups excluding carboxylic acids is 1. The Hall–Kier alpha value is -1.10. The van der Waals surface area contributed by atoms with Crippen molar-refractivity contribution in [1.82, 2.24) is 5.43 Å². The van der Waals surface area contributed by atoms with Gasteiger partial charge in [-0.15, -0.1) is 0 Å². The zero-order valence-electron chi connectivity index (χ0n) is 9.62. The van der Waals surface area contributed by atoms with E-state index in [-0.39, 0.29) is 5.91 Å². The van der Waals surface area contributed by atoms with E-state index in [1.54, 1.807) is 0 Å². The standard InChI is InChI=1S/C12H17ClN2O2/c13-11-6-2-1-5-10(11)9-17-8-4-3-7-12(16)15-14/h1-2,5-6H,3-4,7-9,14H2,(H,15,16). The molecule has 94 valence electrons. The molecule has 4 nitrogen and oxygen atoms in total. The lowest BCUT2D eigenvalue weighted by Gasteiger charge is -2.05. The molecule has 0 saturated heterocycles. The first kappa shape index (κ1) is 14.0. The predicted octanol–water partition coefficient (Wildman–Crippen LogP) is 2.02. The molecule has 0 aliphatic heterocycles. The highest BCUT2D eigenvalue weighted by molar-refractivity contribution is 6.31. The highest BCUT2D eigenvalue weighted by Crippen LogP contribution is 2.15. The van der Waals surface area contributed by atoms with Crippen LogP contribution in [0, 0.1) is 0 Å². The molecule has 1 aromatic rings. The Balaban J connectivity index is 2.09. The van der Waals surface area contributed by atoms with Crippen molar-refractivity contribution >= 4 is 17.5 Å². The molecule has 5 heteroatoms. The number of nitrogens with one attached hydrogen (secondary N) is 1. The van der Waals surface area contributed by atoms with Gasteiger partial charge < -0.3 is 4.74 Å². The van der Waals surface area contributed by atoms with Crippen molar-refractivity contribution in [1.29, 1.82) is 0 Å². The van der Waals surface area contributed by atoms with Gasteiger partial charge in [0.25, 0.3) is 0 Å². The van der Waals surface area contributed by atoms with Gasteiger partial charge >= 0.3 is 0 Å². The van der Waals surface area contributed by atoms with E-state index in [0.29, 0.717) is 19.6 Å². The maximum absolute atomic E-state index is 10.8. The summed E-state index contributed by atoms with van der Waals surface area (Å²) < 4.78 is 5.47. The fourth-order valence-electron chi connectivity index (χ4n) is 1.36. The molecular formula is C12H17ClN2O2. The zero-order valence-corrected chi connectivity index (χ0v) is 10.4. The van der Waals surface area contributed by atoms with E-state index in [1.807, 2.05) is 24.3 Å². The number of hydrogen-bond acceptors (Lipinski definition) is 3. The Morgan fingerprint density at radius 1 is 1.35 bits per heavy atom. The van der Waals surface area contributed by atoms with Crippen LogP contribution in [0.3, 0.4) is 0 Å². The highest BCUT2D eigenvalue weighted by atomic mass is 35.5. The van der Waals surface area contributed by atoms with Crippen LogP contribution in [0.1, 0.15) is 24.8 Å². The number of carbonyl (C=O) groups is 1. The van der Waals surface area contributed by atoms with Crippen LogP contribution in [0.5, 0.6) is 0 Å². The Morgan fingerprint density at radius 2 is 2.12 bits per heavy atom. The van der Waals surface area contributed by atoms with Crippen molar-refractivity contribution in [3.63, 3.8) is 0 Å². The lowest BCUT2D eigenvalue weighted by Crippen LogP contribution is -2.29. The van der Waals surface area contributed by atoms with Crippen LogP contribution in [0.4, 0.5) is 0 Å². The van der Waals surface area contributed by atoms with Crippen molar-refractivity contribution in [3.05, 3.63) is 34.9 Å². The smallest absolute Gasteiger partial charge is 0.233 e. The lowest BCUT2D eigenvalue weighted by molar-refractivity contribution is -0.121. The molecule has 0 bridgehead atoms. The molecule has 0 fully saturated rings. The van der Waals surface area contributed by atoms with E-state index >= 15 is 0 Å². The molecular weight excluding hydrogens is 240 g/mol. The van der Waals surface area contributed by atoms with Crippen LogP contribution in [-0.4, -0.2) is 12.5 Å². The van der Waals surface area contributed by atoms with E-state index in [2.05, 4.69) is 5.43 Å². The first-order valence-electron chi connectivity index (χ1n) is 5.54. The number of ether oxygens (including phenoxy) is 1. The van der Waals surface area contributed by atoms with Crippen molar-refractivity contribution in [2.75, 3.05) is 6.61 Å². The molecule has 17 heavy (non-hydrogen) atoms. The highest BCUT2D eigenvalue weighted by Gasteiger charge is 2.00. The number of amides is 1. The van der Waals surface area contributed by atoms with Crippen molar-refractivity contribution in [2.45, 2.75) is 25.9 Å². The summed E-state index contributed by atoms with van der Waals surface area (Å²) in [6, 6.07) is 7.59. The van der Waals surface area contributed by atoms with Gasteiger partial charge in [-0.25, -0.2) is 5.84 Å². The lowest BCUT2D eigenvalue weighted by atomic mass is 10.2. The summed E-state index contributed by atoms with van der Waals surface area (Å²) >= 11 is 5.98. The monoisotopic (exact) mass is 256 g/mol. The number of hydrazine groups is 1. The van der Waals surface area contributed by atoms with Gasteiger partial charge in [-0.1, -0.05) is 29.8 Å². The van der Waals surface area contributed by atoms with Crippen LogP contribution in [0.2, 0.25) is 5.02 Å². The van der Waals surface area contributed by atoms with Gasteiger partial charge in [0.1, 0.15) is 0 Å². The minimum Gasteiger partial charge on any atom is -0.377 e. The summed E-state index contributed by atoms with van der Waals surface area (Å²) in [5.41, 5.74) is 3.07. The predicted molar refractivity (Wildman–Crippen MR) is 67.3 cm³/mol. The van der Waals surface area contributed by atoms with E-state index in [0.717, 1.165) is 23.4 Å². The van der Waals surface area contributed by atoms with Crippen LogP contribution < -0.4 is 11.3 Å². The van der Waals surface area contributed by atoms with E-state index < -0.39 is 0 Å². The second-order valence-electron chi connectivity index (χ2n) is 3.67. The van der Waals surface area contributed by atoms with Gasteiger partial charge in [0.2, 0.25) is 5.91 Å². The first-order valence-corrected chi connectivity index (χ1v) is 5.92. The van der Waals surface area contributed by atoms with Crippen LogP contribution in [-0.2, 0) is 16.1 Å². The average Bonchev–Trinajstić information content (AvgIpc) is 2.35. The molecule has 0 aromatic heterocycles. The molecule has 0 atom stereocenters. The maximum Gasteiger partial charge on any atom is 0.233 e. The number of hydrogen-bond donors (Lipinski definition) is 2. The third kappa shape index (κ3) is 5.68. The third-order valence-corrected chi connectivity index (χ3v) is 2.69. The Morgan fingerprint density at radius 3 is 2.82 bits per heavy atom. The quantitative estimate of drug-likeness (QED) is 0.340. The topological polar surface area (TPSA) is 64.3 Å². The van der Waals surface area contributed by atoms with Gasteiger partial charge in [0.15, 0.2) is 0 Å². The molecule has 0 unspecified atom stereocenters. The maximum atomic E-state index is 10.8. The molecule has 0 heterocycles. The molecule has 0 aliphatic carbocycles. The largest absolute Gasteiger partial charge is 0.377 e. The summed E-state index contributed by atoms with van der Waals surface area (Å²) in [5, 5.41) is 0.718. The van der Waals surface area contributed by atoms with Gasteiger partial charge in [0.05, 0.1) is 6.61 Å². The number of halogens is 1. The second-order valence-corrected chi connectivity index (χ2v) is 4.08. The normalized spacial score (nSPS) is 10.2. The average molecular weight is 257 g/mol. The minimum absolute atomic E-state index is 0.142.